The number of H-pyrrole nitrogens is 1. The second-order valence-corrected chi connectivity index (χ2v) is 4.99. The summed E-state index contributed by atoms with van der Waals surface area (Å²) in [6.07, 6.45) is 0. The van der Waals surface area contributed by atoms with Gasteiger partial charge in [-0.3, -0.25) is 0 Å². The number of aryl methyl sites for hydroxylation is 1. The third-order valence-corrected chi connectivity index (χ3v) is 3.58. The van der Waals surface area contributed by atoms with Crippen molar-refractivity contribution >= 4 is 0 Å². The Labute approximate surface area is 122 Å². The lowest BCUT2D eigenvalue weighted by Gasteiger charge is -2.01. The van der Waals surface area contributed by atoms with Crippen molar-refractivity contribution in [1.29, 1.82) is 0 Å². The van der Waals surface area contributed by atoms with Crippen molar-refractivity contribution in [3.05, 3.63) is 54.2 Å². The molecule has 2 aromatic carbocycles. The van der Waals surface area contributed by atoms with Crippen LogP contribution in [-0.4, -0.2) is 16.8 Å². The summed E-state index contributed by atoms with van der Waals surface area (Å²) in [5, 5.41) is 0. The maximum absolute atomic E-state index is 5.43. The normalized spacial score (nSPS) is 12.6. The van der Waals surface area contributed by atoms with Gasteiger partial charge in [0.1, 0.15) is 5.82 Å². The van der Waals surface area contributed by atoms with Crippen LogP contribution < -0.4 is 9.47 Å². The van der Waals surface area contributed by atoms with Gasteiger partial charge in [-0.1, -0.05) is 30.3 Å². The molecule has 0 radical (unpaired) electrons. The Morgan fingerprint density at radius 1 is 0.952 bits per heavy atom. The summed E-state index contributed by atoms with van der Waals surface area (Å²) in [5.74, 6) is 2.44. The lowest BCUT2D eigenvalue weighted by molar-refractivity contribution is 0.174. The van der Waals surface area contributed by atoms with E-state index in [1.54, 1.807) is 0 Å². The number of rotatable bonds is 2. The molecule has 3 aromatic rings. The molecule has 0 atom stereocenters. The van der Waals surface area contributed by atoms with Gasteiger partial charge in [0.15, 0.2) is 11.5 Å². The second kappa shape index (κ2) is 4.66. The third kappa shape index (κ3) is 2.05. The molecule has 0 aliphatic carbocycles. The van der Waals surface area contributed by atoms with Crippen LogP contribution in [0.15, 0.2) is 48.5 Å². The van der Waals surface area contributed by atoms with E-state index in [2.05, 4.69) is 4.98 Å². The molecule has 0 saturated carbocycles. The summed E-state index contributed by atoms with van der Waals surface area (Å²) in [5.41, 5.74) is 4.07. The van der Waals surface area contributed by atoms with Crippen molar-refractivity contribution in [3.63, 3.8) is 0 Å². The summed E-state index contributed by atoms with van der Waals surface area (Å²) >= 11 is 0. The van der Waals surface area contributed by atoms with Gasteiger partial charge in [-0.2, -0.15) is 0 Å². The van der Waals surface area contributed by atoms with Gasteiger partial charge in [-0.25, -0.2) is 4.98 Å². The van der Waals surface area contributed by atoms with Gasteiger partial charge >= 0.3 is 0 Å². The van der Waals surface area contributed by atoms with Gasteiger partial charge in [0.05, 0.1) is 5.69 Å². The van der Waals surface area contributed by atoms with Crippen LogP contribution in [-0.2, 0) is 0 Å². The maximum atomic E-state index is 5.43. The van der Waals surface area contributed by atoms with Crippen LogP contribution in [0.5, 0.6) is 11.5 Å². The molecule has 0 saturated heterocycles. The van der Waals surface area contributed by atoms with Crippen LogP contribution in [0.2, 0.25) is 0 Å². The van der Waals surface area contributed by atoms with Crippen LogP contribution >= 0.6 is 0 Å². The summed E-state index contributed by atoms with van der Waals surface area (Å²) < 4.78 is 10.8. The van der Waals surface area contributed by atoms with E-state index in [0.29, 0.717) is 0 Å². The molecule has 2 heterocycles. The van der Waals surface area contributed by atoms with E-state index < -0.39 is 0 Å². The first kappa shape index (κ1) is 12.0. The standard InChI is InChI=1S/C17H14N2O2/c1-11-16(13-7-8-14-15(9-13)21-10-20-14)19-17(18-11)12-5-3-2-4-6-12/h2-9H,10H2,1H3,(H,18,19). The fourth-order valence-electron chi connectivity index (χ4n) is 2.52. The summed E-state index contributed by atoms with van der Waals surface area (Å²) in [6.45, 7) is 2.31. The molecule has 4 rings (SSSR count). The Morgan fingerprint density at radius 2 is 1.76 bits per heavy atom. The number of ether oxygens (including phenoxy) is 2. The number of nitrogens with zero attached hydrogens (tertiary/aromatic N) is 1. The van der Waals surface area contributed by atoms with Crippen molar-refractivity contribution in [1.82, 2.24) is 9.97 Å². The van der Waals surface area contributed by atoms with E-state index in [9.17, 15) is 0 Å². The Hall–Kier alpha value is -2.75. The minimum Gasteiger partial charge on any atom is -0.454 e. The average molecular weight is 278 g/mol. The predicted octanol–water partition coefficient (Wildman–Crippen LogP) is 3.78. The van der Waals surface area contributed by atoms with Crippen molar-refractivity contribution in [2.24, 2.45) is 0 Å². The number of aromatic amines is 1. The number of benzene rings is 2. The summed E-state index contributed by atoms with van der Waals surface area (Å²) in [4.78, 5) is 8.07. The van der Waals surface area contributed by atoms with Crippen LogP contribution in [0.1, 0.15) is 5.69 Å². The van der Waals surface area contributed by atoms with Crippen LogP contribution in [0.25, 0.3) is 22.6 Å². The van der Waals surface area contributed by atoms with Gasteiger partial charge in [0.2, 0.25) is 6.79 Å². The highest BCUT2D eigenvalue weighted by Gasteiger charge is 2.16. The summed E-state index contributed by atoms with van der Waals surface area (Å²) in [7, 11) is 0. The highest BCUT2D eigenvalue weighted by atomic mass is 16.7. The number of nitrogens with one attached hydrogen (secondary N) is 1. The van der Waals surface area contributed by atoms with E-state index in [4.69, 9.17) is 14.5 Å². The zero-order valence-electron chi connectivity index (χ0n) is 11.6. The topological polar surface area (TPSA) is 47.1 Å². The predicted molar refractivity (Wildman–Crippen MR) is 80.3 cm³/mol. The monoisotopic (exact) mass is 278 g/mol. The average Bonchev–Trinajstić information content (AvgIpc) is 3.13. The largest absolute Gasteiger partial charge is 0.454 e. The Kier molecular flexibility index (Phi) is 2.67. The van der Waals surface area contributed by atoms with Crippen molar-refractivity contribution in [2.75, 3.05) is 6.79 Å². The Balaban J connectivity index is 1.78. The van der Waals surface area contributed by atoms with Gasteiger partial charge in [0, 0.05) is 16.8 Å². The quantitative estimate of drug-likeness (QED) is 0.776. The lowest BCUT2D eigenvalue weighted by Crippen LogP contribution is -1.92. The Morgan fingerprint density at radius 3 is 2.62 bits per heavy atom. The molecule has 4 nitrogen and oxygen atoms in total. The molecule has 4 heteroatoms. The molecular formula is C17H14N2O2. The maximum Gasteiger partial charge on any atom is 0.231 e. The molecule has 104 valence electrons. The highest BCUT2D eigenvalue weighted by molar-refractivity contribution is 5.69. The van der Waals surface area contributed by atoms with Gasteiger partial charge in [-0.05, 0) is 25.1 Å². The zero-order valence-corrected chi connectivity index (χ0v) is 11.6. The highest BCUT2D eigenvalue weighted by Crippen LogP contribution is 2.36. The van der Waals surface area contributed by atoms with E-state index in [1.165, 1.54) is 0 Å². The molecule has 1 aliphatic heterocycles. The molecule has 21 heavy (non-hydrogen) atoms. The van der Waals surface area contributed by atoms with Crippen molar-refractivity contribution < 1.29 is 9.47 Å². The SMILES string of the molecule is Cc1[nH]c(-c2ccccc2)nc1-c1ccc2c(c1)OCO2. The summed E-state index contributed by atoms with van der Waals surface area (Å²) in [6, 6.07) is 16.0. The smallest absolute Gasteiger partial charge is 0.231 e. The minimum absolute atomic E-state index is 0.285. The molecule has 0 spiro atoms. The van der Waals surface area contributed by atoms with Crippen molar-refractivity contribution in [2.45, 2.75) is 6.92 Å². The lowest BCUT2D eigenvalue weighted by atomic mass is 10.1. The molecule has 1 aromatic heterocycles. The van der Waals surface area contributed by atoms with E-state index >= 15 is 0 Å². The van der Waals surface area contributed by atoms with Gasteiger partial charge in [0.25, 0.3) is 0 Å². The molecular weight excluding hydrogens is 264 g/mol. The second-order valence-electron chi connectivity index (χ2n) is 4.99. The first-order valence-corrected chi connectivity index (χ1v) is 6.83. The number of fused-ring (bicyclic) bond motifs is 1. The fourth-order valence-corrected chi connectivity index (χ4v) is 2.52. The number of hydrogen-bond donors (Lipinski definition) is 1. The van der Waals surface area contributed by atoms with Gasteiger partial charge < -0.3 is 14.5 Å². The number of aromatic nitrogens is 2. The molecule has 0 unspecified atom stereocenters. The Bertz CT molecular complexity index is 794. The van der Waals surface area contributed by atoms with E-state index in [-0.39, 0.29) is 6.79 Å². The molecule has 0 fully saturated rings. The van der Waals surface area contributed by atoms with Gasteiger partial charge in [-0.15, -0.1) is 0 Å². The molecule has 1 N–H and O–H groups in total. The first-order chi connectivity index (χ1) is 10.3. The minimum atomic E-state index is 0.285. The third-order valence-electron chi connectivity index (χ3n) is 3.58. The van der Waals surface area contributed by atoms with Crippen LogP contribution in [0.4, 0.5) is 0 Å². The first-order valence-electron chi connectivity index (χ1n) is 6.83. The number of hydrogen-bond acceptors (Lipinski definition) is 3. The van der Waals surface area contributed by atoms with E-state index in [1.807, 2.05) is 55.5 Å². The van der Waals surface area contributed by atoms with Crippen LogP contribution in [0.3, 0.4) is 0 Å². The van der Waals surface area contributed by atoms with Crippen molar-refractivity contribution in [3.8, 4) is 34.1 Å². The van der Waals surface area contributed by atoms with E-state index in [0.717, 1.165) is 39.8 Å². The fraction of sp³-hybridized carbons (Fsp3) is 0.118. The number of imidazole rings is 1. The molecule has 0 bridgehead atoms. The van der Waals surface area contributed by atoms with Crippen LogP contribution in [0, 0.1) is 6.92 Å². The molecule has 1 aliphatic rings. The molecule has 0 amide bonds. The zero-order chi connectivity index (χ0) is 14.2.